The smallest absolute Gasteiger partial charge is 0.251 e. The second kappa shape index (κ2) is 8.67. The van der Waals surface area contributed by atoms with E-state index in [1.165, 1.54) is 0 Å². The minimum atomic E-state index is -0.0339. The van der Waals surface area contributed by atoms with E-state index in [-0.39, 0.29) is 12.0 Å². The molecule has 0 atom stereocenters. The molecule has 0 fully saturated rings. The quantitative estimate of drug-likeness (QED) is 0.707. The minimum absolute atomic E-state index is 0.0339. The molecule has 4 nitrogen and oxygen atoms in total. The van der Waals surface area contributed by atoms with Crippen molar-refractivity contribution in [2.24, 2.45) is 5.73 Å². The van der Waals surface area contributed by atoms with E-state index in [4.69, 9.17) is 10.5 Å². The molecule has 0 unspecified atom stereocenters. The van der Waals surface area contributed by atoms with Gasteiger partial charge < -0.3 is 15.8 Å². The number of rotatable bonds is 8. The van der Waals surface area contributed by atoms with Gasteiger partial charge in [0.15, 0.2) is 0 Å². The molecule has 0 aliphatic carbocycles. The van der Waals surface area contributed by atoms with Crippen molar-refractivity contribution >= 4 is 5.91 Å². The summed E-state index contributed by atoms with van der Waals surface area (Å²) in [5, 5.41) is 2.90. The third-order valence-corrected chi connectivity index (χ3v) is 2.76. The SMILES string of the molecule is CC(C)OCCCCNC(=O)c1ccc(CN)cc1. The van der Waals surface area contributed by atoms with E-state index in [0.29, 0.717) is 18.7 Å². The molecule has 0 aliphatic rings. The van der Waals surface area contributed by atoms with Crippen molar-refractivity contribution in [1.82, 2.24) is 5.32 Å². The maximum atomic E-state index is 11.8. The molecular formula is C15H24N2O2. The van der Waals surface area contributed by atoms with E-state index < -0.39 is 0 Å². The highest BCUT2D eigenvalue weighted by Gasteiger charge is 2.04. The lowest BCUT2D eigenvalue weighted by atomic mass is 10.1. The van der Waals surface area contributed by atoms with Crippen molar-refractivity contribution in [3.63, 3.8) is 0 Å². The van der Waals surface area contributed by atoms with Crippen LogP contribution in [-0.4, -0.2) is 25.2 Å². The zero-order valence-electron chi connectivity index (χ0n) is 11.8. The van der Waals surface area contributed by atoms with Gasteiger partial charge in [-0.15, -0.1) is 0 Å². The third kappa shape index (κ3) is 6.36. The number of hydrogen-bond acceptors (Lipinski definition) is 3. The van der Waals surface area contributed by atoms with Gasteiger partial charge in [-0.3, -0.25) is 4.79 Å². The molecular weight excluding hydrogens is 240 g/mol. The summed E-state index contributed by atoms with van der Waals surface area (Å²) >= 11 is 0. The summed E-state index contributed by atoms with van der Waals surface area (Å²) in [5.74, 6) is -0.0339. The second-order valence-electron chi connectivity index (χ2n) is 4.78. The number of carbonyl (C=O) groups excluding carboxylic acids is 1. The highest BCUT2D eigenvalue weighted by molar-refractivity contribution is 5.94. The molecule has 0 aliphatic heterocycles. The van der Waals surface area contributed by atoms with Crippen LogP contribution >= 0.6 is 0 Å². The van der Waals surface area contributed by atoms with Gasteiger partial charge in [0.2, 0.25) is 0 Å². The van der Waals surface area contributed by atoms with Gasteiger partial charge in [-0.05, 0) is 44.4 Å². The molecule has 0 saturated heterocycles. The topological polar surface area (TPSA) is 64.3 Å². The Kier molecular flexibility index (Phi) is 7.15. The maximum Gasteiger partial charge on any atom is 0.251 e. The number of nitrogens with two attached hydrogens (primary N) is 1. The lowest BCUT2D eigenvalue weighted by molar-refractivity contribution is 0.0754. The predicted molar refractivity (Wildman–Crippen MR) is 77.0 cm³/mol. The fourth-order valence-corrected chi connectivity index (χ4v) is 1.64. The number of benzene rings is 1. The second-order valence-corrected chi connectivity index (χ2v) is 4.78. The first-order chi connectivity index (χ1) is 9.13. The fraction of sp³-hybridized carbons (Fsp3) is 0.533. The third-order valence-electron chi connectivity index (χ3n) is 2.76. The highest BCUT2D eigenvalue weighted by atomic mass is 16.5. The molecule has 1 amide bonds. The standard InChI is InChI=1S/C15H24N2O2/c1-12(2)19-10-4-3-9-17-15(18)14-7-5-13(11-16)6-8-14/h5-8,12H,3-4,9-11,16H2,1-2H3,(H,17,18). The Bertz CT molecular complexity index is 374. The Labute approximate surface area is 115 Å². The lowest BCUT2D eigenvalue weighted by Crippen LogP contribution is -2.24. The van der Waals surface area contributed by atoms with Crippen LogP contribution in [0.5, 0.6) is 0 Å². The molecule has 0 aromatic heterocycles. The molecule has 0 spiro atoms. The Morgan fingerprint density at radius 2 is 1.95 bits per heavy atom. The van der Waals surface area contributed by atoms with Gasteiger partial charge in [0, 0.05) is 25.3 Å². The first kappa shape index (κ1) is 15.7. The summed E-state index contributed by atoms with van der Waals surface area (Å²) in [5.41, 5.74) is 7.22. The molecule has 1 rings (SSSR count). The van der Waals surface area contributed by atoms with Crippen molar-refractivity contribution in [1.29, 1.82) is 0 Å². The van der Waals surface area contributed by atoms with Gasteiger partial charge in [0.25, 0.3) is 5.91 Å². The number of ether oxygens (including phenoxy) is 1. The van der Waals surface area contributed by atoms with Crippen molar-refractivity contribution in [3.8, 4) is 0 Å². The Hall–Kier alpha value is -1.39. The Morgan fingerprint density at radius 3 is 2.53 bits per heavy atom. The Balaban J connectivity index is 2.20. The lowest BCUT2D eigenvalue weighted by Gasteiger charge is -2.08. The zero-order valence-corrected chi connectivity index (χ0v) is 11.8. The van der Waals surface area contributed by atoms with Gasteiger partial charge in [-0.2, -0.15) is 0 Å². The molecule has 0 heterocycles. The van der Waals surface area contributed by atoms with E-state index >= 15 is 0 Å². The van der Waals surface area contributed by atoms with Crippen LogP contribution in [0.1, 0.15) is 42.6 Å². The summed E-state index contributed by atoms with van der Waals surface area (Å²) < 4.78 is 5.43. The van der Waals surface area contributed by atoms with Crippen LogP contribution in [0.3, 0.4) is 0 Å². The van der Waals surface area contributed by atoms with Gasteiger partial charge >= 0.3 is 0 Å². The van der Waals surface area contributed by atoms with Crippen LogP contribution in [0.15, 0.2) is 24.3 Å². The van der Waals surface area contributed by atoms with E-state index in [1.807, 2.05) is 26.0 Å². The molecule has 3 N–H and O–H groups in total. The monoisotopic (exact) mass is 264 g/mol. The minimum Gasteiger partial charge on any atom is -0.379 e. The highest BCUT2D eigenvalue weighted by Crippen LogP contribution is 2.03. The van der Waals surface area contributed by atoms with Gasteiger partial charge in [0.05, 0.1) is 6.10 Å². The summed E-state index contributed by atoms with van der Waals surface area (Å²) in [7, 11) is 0. The van der Waals surface area contributed by atoms with E-state index in [2.05, 4.69) is 5.32 Å². The summed E-state index contributed by atoms with van der Waals surface area (Å²) in [6.07, 6.45) is 2.17. The van der Waals surface area contributed by atoms with Crippen molar-refractivity contribution in [2.45, 2.75) is 39.3 Å². The molecule has 0 saturated carbocycles. The summed E-state index contributed by atoms with van der Waals surface area (Å²) in [4.78, 5) is 11.8. The maximum absolute atomic E-state index is 11.8. The molecule has 106 valence electrons. The van der Waals surface area contributed by atoms with Crippen molar-refractivity contribution in [3.05, 3.63) is 35.4 Å². The van der Waals surface area contributed by atoms with E-state index in [0.717, 1.165) is 25.0 Å². The normalized spacial score (nSPS) is 10.7. The van der Waals surface area contributed by atoms with Crippen LogP contribution in [-0.2, 0) is 11.3 Å². The van der Waals surface area contributed by atoms with Crippen molar-refractivity contribution in [2.75, 3.05) is 13.2 Å². The van der Waals surface area contributed by atoms with Gasteiger partial charge in [0.1, 0.15) is 0 Å². The van der Waals surface area contributed by atoms with Crippen LogP contribution in [0.2, 0.25) is 0 Å². The van der Waals surface area contributed by atoms with E-state index in [9.17, 15) is 4.79 Å². The van der Waals surface area contributed by atoms with Crippen LogP contribution < -0.4 is 11.1 Å². The van der Waals surface area contributed by atoms with Crippen LogP contribution in [0.25, 0.3) is 0 Å². The van der Waals surface area contributed by atoms with E-state index in [1.54, 1.807) is 12.1 Å². The molecule has 0 radical (unpaired) electrons. The Morgan fingerprint density at radius 1 is 1.26 bits per heavy atom. The number of hydrogen-bond donors (Lipinski definition) is 2. The molecule has 1 aromatic carbocycles. The predicted octanol–water partition coefficient (Wildman–Crippen LogP) is 2.08. The summed E-state index contributed by atoms with van der Waals surface area (Å²) in [6, 6.07) is 7.37. The number of amides is 1. The number of carbonyl (C=O) groups is 1. The average Bonchev–Trinajstić information content (AvgIpc) is 2.42. The number of nitrogens with one attached hydrogen (secondary N) is 1. The average molecular weight is 264 g/mol. The van der Waals surface area contributed by atoms with Crippen LogP contribution in [0.4, 0.5) is 0 Å². The fourth-order valence-electron chi connectivity index (χ4n) is 1.64. The zero-order chi connectivity index (χ0) is 14.1. The van der Waals surface area contributed by atoms with Crippen LogP contribution in [0, 0.1) is 0 Å². The summed E-state index contributed by atoms with van der Waals surface area (Å²) in [6.45, 7) is 5.97. The first-order valence-corrected chi connectivity index (χ1v) is 6.82. The largest absolute Gasteiger partial charge is 0.379 e. The molecule has 4 heteroatoms. The van der Waals surface area contributed by atoms with Gasteiger partial charge in [-0.25, -0.2) is 0 Å². The molecule has 1 aromatic rings. The number of unbranched alkanes of at least 4 members (excludes halogenated alkanes) is 1. The first-order valence-electron chi connectivity index (χ1n) is 6.82. The van der Waals surface area contributed by atoms with Crippen molar-refractivity contribution < 1.29 is 9.53 Å². The molecule has 0 bridgehead atoms. The van der Waals surface area contributed by atoms with Gasteiger partial charge in [-0.1, -0.05) is 12.1 Å². The molecule has 19 heavy (non-hydrogen) atoms.